The summed E-state index contributed by atoms with van der Waals surface area (Å²) in [5, 5.41) is 3.52. The molecule has 0 heterocycles. The van der Waals surface area contributed by atoms with Crippen molar-refractivity contribution in [1.29, 1.82) is 0 Å². The molecule has 1 heteroatoms. The van der Waals surface area contributed by atoms with E-state index in [0.717, 1.165) is 13.0 Å². The molecular formula is C17H19N. The van der Waals surface area contributed by atoms with E-state index in [1.807, 2.05) is 0 Å². The Morgan fingerprint density at radius 2 is 1.78 bits per heavy atom. The van der Waals surface area contributed by atoms with Gasteiger partial charge in [-0.3, -0.25) is 0 Å². The molecule has 0 aliphatic heterocycles. The highest BCUT2D eigenvalue weighted by Gasteiger charge is 2.20. The van der Waals surface area contributed by atoms with Crippen LogP contribution < -0.4 is 5.32 Å². The third-order valence-electron chi connectivity index (χ3n) is 3.61. The fourth-order valence-electron chi connectivity index (χ4n) is 2.73. The van der Waals surface area contributed by atoms with Crippen LogP contribution >= 0.6 is 0 Å². The van der Waals surface area contributed by atoms with Gasteiger partial charge in [0.25, 0.3) is 0 Å². The molecule has 0 saturated heterocycles. The first-order valence-corrected chi connectivity index (χ1v) is 6.68. The molecule has 1 N–H and O–H groups in total. The predicted octanol–water partition coefficient (Wildman–Crippen LogP) is 3.76. The molecule has 0 amide bonds. The molecule has 0 bridgehead atoms. The van der Waals surface area contributed by atoms with Crippen LogP contribution in [0.5, 0.6) is 0 Å². The first kappa shape index (κ1) is 11.5. The minimum absolute atomic E-state index is 0.525. The average Bonchev–Trinajstić information content (AvgIpc) is 2.75. The van der Waals surface area contributed by atoms with E-state index in [1.54, 1.807) is 0 Å². The van der Waals surface area contributed by atoms with Crippen molar-refractivity contribution < 1.29 is 0 Å². The van der Waals surface area contributed by atoms with Crippen molar-refractivity contribution in [2.75, 3.05) is 0 Å². The Kier molecular flexibility index (Phi) is 2.92. The third kappa shape index (κ3) is 1.95. The Labute approximate surface area is 109 Å². The van der Waals surface area contributed by atoms with E-state index in [1.165, 1.54) is 27.8 Å². The maximum atomic E-state index is 3.52. The van der Waals surface area contributed by atoms with Gasteiger partial charge in [-0.05, 0) is 34.2 Å². The Morgan fingerprint density at radius 1 is 1.00 bits per heavy atom. The van der Waals surface area contributed by atoms with Gasteiger partial charge in [-0.2, -0.15) is 0 Å². The Balaban J connectivity index is 2.03. The summed E-state index contributed by atoms with van der Waals surface area (Å²) in [6, 6.07) is 16.0. The summed E-state index contributed by atoms with van der Waals surface area (Å²) in [4.78, 5) is 0. The average molecular weight is 237 g/mol. The predicted molar refractivity (Wildman–Crippen MR) is 76.7 cm³/mol. The summed E-state index contributed by atoms with van der Waals surface area (Å²) in [5.74, 6) is 0. The van der Waals surface area contributed by atoms with Gasteiger partial charge in [0.05, 0.1) is 0 Å². The molecule has 2 aromatic carbocycles. The number of fused-ring (bicyclic) bond motifs is 3. The van der Waals surface area contributed by atoms with Gasteiger partial charge in [-0.1, -0.05) is 56.3 Å². The van der Waals surface area contributed by atoms with Gasteiger partial charge in [-0.15, -0.1) is 0 Å². The topological polar surface area (TPSA) is 12.0 Å². The molecule has 92 valence electrons. The third-order valence-corrected chi connectivity index (χ3v) is 3.61. The van der Waals surface area contributed by atoms with Crippen molar-refractivity contribution in [3.63, 3.8) is 0 Å². The number of benzene rings is 2. The lowest BCUT2D eigenvalue weighted by Gasteiger charge is -2.12. The van der Waals surface area contributed by atoms with E-state index in [-0.39, 0.29) is 0 Å². The first-order chi connectivity index (χ1) is 8.75. The van der Waals surface area contributed by atoms with E-state index in [0.29, 0.717) is 6.04 Å². The van der Waals surface area contributed by atoms with Gasteiger partial charge in [0.15, 0.2) is 0 Å². The molecule has 0 aromatic heterocycles. The first-order valence-electron chi connectivity index (χ1n) is 6.68. The number of rotatable bonds is 3. The standard InChI is InChI=1S/C17H19N/c1-12(2)18-11-15-8-5-7-14-10-13-6-3-4-9-16(13)17(14)15/h3-9,12,18H,10-11H2,1-2H3. The Hall–Kier alpha value is -1.60. The number of nitrogens with one attached hydrogen (secondary N) is 1. The lowest BCUT2D eigenvalue weighted by atomic mass is 9.99. The number of hydrogen-bond acceptors (Lipinski definition) is 1. The summed E-state index contributed by atoms with van der Waals surface area (Å²) in [6.45, 7) is 5.34. The zero-order valence-electron chi connectivity index (χ0n) is 11.0. The molecule has 0 unspecified atom stereocenters. The second-order valence-electron chi connectivity index (χ2n) is 5.32. The molecule has 2 aromatic rings. The molecule has 1 nitrogen and oxygen atoms in total. The largest absolute Gasteiger partial charge is 0.310 e. The fourth-order valence-corrected chi connectivity index (χ4v) is 2.73. The summed E-state index contributed by atoms with van der Waals surface area (Å²) in [6.07, 6.45) is 1.08. The van der Waals surface area contributed by atoms with Crippen LogP contribution in [0.4, 0.5) is 0 Å². The highest BCUT2D eigenvalue weighted by Crippen LogP contribution is 2.38. The molecular weight excluding hydrogens is 218 g/mol. The lowest BCUT2D eigenvalue weighted by molar-refractivity contribution is 0.589. The SMILES string of the molecule is CC(C)NCc1cccc2c1-c1ccccc1C2. The summed E-state index contributed by atoms with van der Waals surface area (Å²) in [5.41, 5.74) is 7.24. The maximum absolute atomic E-state index is 3.52. The molecule has 0 saturated carbocycles. The zero-order chi connectivity index (χ0) is 12.5. The molecule has 3 rings (SSSR count). The van der Waals surface area contributed by atoms with Crippen molar-refractivity contribution >= 4 is 0 Å². The van der Waals surface area contributed by atoms with E-state index in [9.17, 15) is 0 Å². The number of hydrogen-bond donors (Lipinski definition) is 1. The van der Waals surface area contributed by atoms with Gasteiger partial charge in [0.1, 0.15) is 0 Å². The summed E-state index contributed by atoms with van der Waals surface area (Å²) >= 11 is 0. The molecule has 0 radical (unpaired) electrons. The van der Waals surface area contributed by atoms with Gasteiger partial charge in [0, 0.05) is 12.6 Å². The smallest absolute Gasteiger partial charge is 0.0214 e. The molecule has 0 fully saturated rings. The summed E-state index contributed by atoms with van der Waals surface area (Å²) < 4.78 is 0. The molecule has 0 atom stereocenters. The van der Waals surface area contributed by atoms with Crippen molar-refractivity contribution in [1.82, 2.24) is 5.32 Å². The van der Waals surface area contributed by atoms with Crippen LogP contribution in [0.15, 0.2) is 42.5 Å². The Bertz CT molecular complexity index is 570. The minimum Gasteiger partial charge on any atom is -0.310 e. The van der Waals surface area contributed by atoms with Gasteiger partial charge >= 0.3 is 0 Å². The normalized spacial score (nSPS) is 12.6. The fraction of sp³-hybridized carbons (Fsp3) is 0.294. The zero-order valence-corrected chi connectivity index (χ0v) is 11.0. The highest BCUT2D eigenvalue weighted by molar-refractivity contribution is 5.79. The van der Waals surface area contributed by atoms with Crippen LogP contribution in [-0.2, 0) is 13.0 Å². The van der Waals surface area contributed by atoms with Crippen LogP contribution in [0.25, 0.3) is 11.1 Å². The minimum atomic E-state index is 0.525. The monoisotopic (exact) mass is 237 g/mol. The van der Waals surface area contributed by atoms with Gasteiger partial charge < -0.3 is 5.32 Å². The van der Waals surface area contributed by atoms with Crippen molar-refractivity contribution in [2.45, 2.75) is 32.9 Å². The second kappa shape index (κ2) is 4.58. The lowest BCUT2D eigenvalue weighted by Crippen LogP contribution is -2.22. The van der Waals surface area contributed by atoms with Crippen molar-refractivity contribution in [2.24, 2.45) is 0 Å². The van der Waals surface area contributed by atoms with Crippen molar-refractivity contribution in [3.8, 4) is 11.1 Å². The highest BCUT2D eigenvalue weighted by atomic mass is 14.9. The van der Waals surface area contributed by atoms with E-state index >= 15 is 0 Å². The molecule has 1 aliphatic rings. The van der Waals surface area contributed by atoms with E-state index in [2.05, 4.69) is 61.6 Å². The Morgan fingerprint density at radius 3 is 2.61 bits per heavy atom. The van der Waals surface area contributed by atoms with E-state index < -0.39 is 0 Å². The van der Waals surface area contributed by atoms with Crippen LogP contribution in [0.1, 0.15) is 30.5 Å². The van der Waals surface area contributed by atoms with Crippen molar-refractivity contribution in [3.05, 3.63) is 59.2 Å². The quantitative estimate of drug-likeness (QED) is 0.731. The van der Waals surface area contributed by atoms with E-state index in [4.69, 9.17) is 0 Å². The molecule has 18 heavy (non-hydrogen) atoms. The maximum Gasteiger partial charge on any atom is 0.0214 e. The molecule has 0 spiro atoms. The summed E-state index contributed by atoms with van der Waals surface area (Å²) in [7, 11) is 0. The molecule has 1 aliphatic carbocycles. The van der Waals surface area contributed by atoms with Crippen LogP contribution in [0.2, 0.25) is 0 Å². The van der Waals surface area contributed by atoms with Crippen LogP contribution in [0, 0.1) is 0 Å². The second-order valence-corrected chi connectivity index (χ2v) is 5.32. The van der Waals surface area contributed by atoms with Gasteiger partial charge in [-0.25, -0.2) is 0 Å². The van der Waals surface area contributed by atoms with Crippen LogP contribution in [-0.4, -0.2) is 6.04 Å². The van der Waals surface area contributed by atoms with Gasteiger partial charge in [0.2, 0.25) is 0 Å². The van der Waals surface area contributed by atoms with Crippen LogP contribution in [0.3, 0.4) is 0 Å².